The van der Waals surface area contributed by atoms with Gasteiger partial charge in [-0.3, -0.25) is 4.79 Å². The molecule has 0 aliphatic carbocycles. The second kappa shape index (κ2) is 7.50. The van der Waals surface area contributed by atoms with Crippen molar-refractivity contribution in [1.29, 1.82) is 0 Å². The van der Waals surface area contributed by atoms with E-state index in [0.717, 1.165) is 18.0 Å². The summed E-state index contributed by atoms with van der Waals surface area (Å²) in [5, 5.41) is 6.19. The molecule has 1 rings (SSSR count). The Labute approximate surface area is 126 Å². The van der Waals surface area contributed by atoms with Gasteiger partial charge in [-0.1, -0.05) is 12.2 Å². The molecule has 1 amide bonds. The van der Waals surface area contributed by atoms with Crippen LogP contribution in [0, 0.1) is 0 Å². The predicted molar refractivity (Wildman–Crippen MR) is 88.4 cm³/mol. The summed E-state index contributed by atoms with van der Waals surface area (Å²) in [5.74, 6) is 0.842. The summed E-state index contributed by atoms with van der Waals surface area (Å²) in [7, 11) is 0. The van der Waals surface area contributed by atoms with Crippen molar-refractivity contribution in [3.05, 3.63) is 36.4 Å². The smallest absolute Gasteiger partial charge is 0.221 e. The summed E-state index contributed by atoms with van der Waals surface area (Å²) in [5.41, 5.74) is 2.12. The quantitative estimate of drug-likeness (QED) is 0.621. The molecule has 0 bridgehead atoms. The maximum atomic E-state index is 10.9. The van der Waals surface area contributed by atoms with Crippen LogP contribution in [-0.4, -0.2) is 23.7 Å². The first-order valence-corrected chi connectivity index (χ1v) is 7.67. The molecule has 0 unspecified atom stereocenters. The highest BCUT2D eigenvalue weighted by atomic mass is 32.2. The summed E-state index contributed by atoms with van der Waals surface area (Å²) in [6.07, 6.45) is 0. The second-order valence-corrected chi connectivity index (χ2v) is 6.90. The van der Waals surface area contributed by atoms with E-state index in [9.17, 15) is 4.79 Å². The zero-order valence-corrected chi connectivity index (χ0v) is 13.6. The van der Waals surface area contributed by atoms with Gasteiger partial charge in [0.15, 0.2) is 0 Å². The van der Waals surface area contributed by atoms with Gasteiger partial charge in [0, 0.05) is 35.3 Å². The molecule has 0 fully saturated rings. The normalized spacial score (nSPS) is 11.2. The van der Waals surface area contributed by atoms with Gasteiger partial charge in [0.05, 0.1) is 0 Å². The molecular weight excluding hydrogens is 268 g/mol. The maximum Gasteiger partial charge on any atom is 0.221 e. The maximum absolute atomic E-state index is 10.9. The summed E-state index contributed by atoms with van der Waals surface area (Å²) in [4.78, 5) is 12.1. The molecule has 0 aromatic heterocycles. The molecule has 4 heteroatoms. The topological polar surface area (TPSA) is 41.1 Å². The minimum Gasteiger partial charge on any atom is -0.326 e. The van der Waals surface area contributed by atoms with Crippen LogP contribution >= 0.6 is 11.8 Å². The number of nitrogens with one attached hydrogen (secondary N) is 2. The molecule has 0 radical (unpaired) electrons. The lowest BCUT2D eigenvalue weighted by atomic mass is 10.1. The number of hydrogen-bond donors (Lipinski definition) is 2. The van der Waals surface area contributed by atoms with Crippen molar-refractivity contribution >= 4 is 23.4 Å². The summed E-state index contributed by atoms with van der Waals surface area (Å²) >= 11 is 1.75. The lowest BCUT2D eigenvalue weighted by Crippen LogP contribution is -2.37. The van der Waals surface area contributed by atoms with Crippen molar-refractivity contribution in [3.63, 3.8) is 0 Å². The molecule has 0 atom stereocenters. The molecule has 0 aliphatic heterocycles. The van der Waals surface area contributed by atoms with Gasteiger partial charge in [-0.05, 0) is 45.0 Å². The molecule has 0 heterocycles. The van der Waals surface area contributed by atoms with Crippen LogP contribution in [0.3, 0.4) is 0 Å². The Morgan fingerprint density at radius 3 is 2.35 bits per heavy atom. The molecule has 0 spiro atoms. The zero-order chi connectivity index (χ0) is 15.2. The Bertz CT molecular complexity index is 460. The van der Waals surface area contributed by atoms with Crippen molar-refractivity contribution in [2.24, 2.45) is 0 Å². The van der Waals surface area contributed by atoms with Crippen molar-refractivity contribution in [2.45, 2.75) is 38.1 Å². The van der Waals surface area contributed by atoms with Crippen molar-refractivity contribution in [3.8, 4) is 0 Å². The van der Waals surface area contributed by atoms with Crippen LogP contribution in [-0.2, 0) is 4.79 Å². The van der Waals surface area contributed by atoms with E-state index in [4.69, 9.17) is 0 Å². The first kappa shape index (κ1) is 16.8. The van der Waals surface area contributed by atoms with E-state index in [-0.39, 0.29) is 11.4 Å². The number of amides is 1. The summed E-state index contributed by atoms with van der Waals surface area (Å²) in [6.45, 7) is 12.9. The Kier molecular flexibility index (Phi) is 6.30. The van der Waals surface area contributed by atoms with Crippen LogP contribution in [0.15, 0.2) is 41.3 Å². The minimum absolute atomic E-state index is 0.0490. The zero-order valence-electron chi connectivity index (χ0n) is 12.7. The standard InChI is InChI=1S/C16H24N2OS/c1-12(10-17-16(3,4)5)11-20-15-8-6-14(7-9-15)18-13(2)19/h6-9,17H,1,10-11H2,2-5H3,(H,18,19). The molecule has 20 heavy (non-hydrogen) atoms. The van der Waals surface area contributed by atoms with Gasteiger partial charge < -0.3 is 10.6 Å². The minimum atomic E-state index is -0.0490. The van der Waals surface area contributed by atoms with E-state index in [1.807, 2.05) is 24.3 Å². The number of anilines is 1. The first-order valence-electron chi connectivity index (χ1n) is 6.68. The lowest BCUT2D eigenvalue weighted by Gasteiger charge is -2.21. The second-order valence-electron chi connectivity index (χ2n) is 5.85. The van der Waals surface area contributed by atoms with Gasteiger partial charge in [0.2, 0.25) is 5.91 Å². The number of carbonyl (C=O) groups is 1. The van der Waals surface area contributed by atoms with Crippen LogP contribution in [0.25, 0.3) is 0 Å². The number of thioether (sulfide) groups is 1. The summed E-state index contributed by atoms with van der Waals surface area (Å²) in [6, 6.07) is 7.86. The van der Waals surface area contributed by atoms with Gasteiger partial charge in [-0.2, -0.15) is 0 Å². The fourth-order valence-corrected chi connectivity index (χ4v) is 2.27. The molecule has 1 aromatic carbocycles. The predicted octanol–water partition coefficient (Wildman–Crippen LogP) is 3.68. The molecule has 1 aromatic rings. The average molecular weight is 292 g/mol. The Morgan fingerprint density at radius 1 is 1.25 bits per heavy atom. The van der Waals surface area contributed by atoms with Gasteiger partial charge in [-0.15, -0.1) is 11.8 Å². The van der Waals surface area contributed by atoms with Crippen molar-refractivity contribution < 1.29 is 4.79 Å². The van der Waals surface area contributed by atoms with Crippen LogP contribution in [0.2, 0.25) is 0 Å². The van der Waals surface area contributed by atoms with E-state index < -0.39 is 0 Å². The fraction of sp³-hybridized carbons (Fsp3) is 0.438. The molecule has 2 N–H and O–H groups in total. The monoisotopic (exact) mass is 292 g/mol. The Hall–Kier alpha value is -1.26. The van der Waals surface area contributed by atoms with Crippen LogP contribution < -0.4 is 10.6 Å². The van der Waals surface area contributed by atoms with E-state index in [1.54, 1.807) is 11.8 Å². The molecular formula is C16H24N2OS. The molecule has 0 saturated carbocycles. The third kappa shape index (κ3) is 7.36. The first-order chi connectivity index (χ1) is 9.26. The van der Waals surface area contributed by atoms with Crippen molar-refractivity contribution in [2.75, 3.05) is 17.6 Å². The molecule has 0 saturated heterocycles. The van der Waals surface area contributed by atoms with Gasteiger partial charge in [-0.25, -0.2) is 0 Å². The summed E-state index contributed by atoms with van der Waals surface area (Å²) < 4.78 is 0. The van der Waals surface area contributed by atoms with Gasteiger partial charge in [0.1, 0.15) is 0 Å². The Balaban J connectivity index is 2.38. The van der Waals surface area contributed by atoms with E-state index >= 15 is 0 Å². The Morgan fingerprint density at radius 2 is 1.85 bits per heavy atom. The fourth-order valence-electron chi connectivity index (χ4n) is 1.46. The molecule has 0 aliphatic rings. The number of benzene rings is 1. The number of carbonyl (C=O) groups excluding carboxylic acids is 1. The van der Waals surface area contributed by atoms with E-state index in [2.05, 4.69) is 38.0 Å². The lowest BCUT2D eigenvalue weighted by molar-refractivity contribution is -0.114. The molecule has 110 valence electrons. The number of rotatable bonds is 6. The van der Waals surface area contributed by atoms with Crippen LogP contribution in [0.4, 0.5) is 5.69 Å². The van der Waals surface area contributed by atoms with Gasteiger partial charge in [0.25, 0.3) is 0 Å². The van der Waals surface area contributed by atoms with Crippen LogP contribution in [0.1, 0.15) is 27.7 Å². The van der Waals surface area contributed by atoms with E-state index in [0.29, 0.717) is 0 Å². The highest BCUT2D eigenvalue weighted by molar-refractivity contribution is 7.99. The third-order valence-electron chi connectivity index (χ3n) is 2.49. The van der Waals surface area contributed by atoms with Gasteiger partial charge >= 0.3 is 0 Å². The average Bonchev–Trinajstić information content (AvgIpc) is 2.34. The number of hydrogen-bond acceptors (Lipinski definition) is 3. The highest BCUT2D eigenvalue weighted by Crippen LogP contribution is 2.22. The molecule has 3 nitrogen and oxygen atoms in total. The third-order valence-corrected chi connectivity index (χ3v) is 3.64. The SMILES string of the molecule is C=C(CNC(C)(C)C)CSc1ccc(NC(C)=O)cc1. The van der Waals surface area contributed by atoms with Crippen molar-refractivity contribution in [1.82, 2.24) is 5.32 Å². The largest absolute Gasteiger partial charge is 0.326 e. The highest BCUT2D eigenvalue weighted by Gasteiger charge is 2.08. The van der Waals surface area contributed by atoms with E-state index in [1.165, 1.54) is 17.4 Å². The van der Waals surface area contributed by atoms with Crippen LogP contribution in [0.5, 0.6) is 0 Å².